The molecule has 0 aliphatic carbocycles. The Morgan fingerprint density at radius 1 is 1.40 bits per heavy atom. The molecule has 136 valence electrons. The zero-order chi connectivity index (χ0) is 18.7. The van der Waals surface area contributed by atoms with Crippen molar-refractivity contribution in [1.82, 2.24) is 10.6 Å². The molecule has 1 aliphatic rings. The molecular weight excluding hydrogens is 404 g/mol. The van der Waals surface area contributed by atoms with Gasteiger partial charge in [-0.25, -0.2) is 0 Å². The summed E-state index contributed by atoms with van der Waals surface area (Å²) in [4.78, 5) is 12.2. The summed E-state index contributed by atoms with van der Waals surface area (Å²) >= 11 is 8.83. The van der Waals surface area contributed by atoms with Crippen molar-refractivity contribution in [3.63, 3.8) is 0 Å². The van der Waals surface area contributed by atoms with E-state index in [2.05, 4.69) is 26.6 Å². The van der Waals surface area contributed by atoms with Gasteiger partial charge in [0.25, 0.3) is 0 Å². The van der Waals surface area contributed by atoms with Crippen LogP contribution < -0.4 is 20.1 Å². The molecule has 7 heteroatoms. The maximum atomic E-state index is 12.2. The Bertz CT molecular complexity index is 731. The molecule has 0 saturated heterocycles. The average Bonchev–Trinajstić information content (AvgIpc) is 2.49. The zero-order valence-corrected chi connectivity index (χ0v) is 17.4. The first kappa shape index (κ1) is 19.7. The van der Waals surface area contributed by atoms with Crippen molar-refractivity contribution >= 4 is 39.0 Å². The largest absolute Gasteiger partial charge is 0.490 e. The summed E-state index contributed by atoms with van der Waals surface area (Å²) < 4.78 is 12.4. The van der Waals surface area contributed by atoms with E-state index in [1.807, 2.05) is 39.8 Å². The Balaban J connectivity index is 2.56. The molecule has 0 fully saturated rings. The van der Waals surface area contributed by atoms with Crippen LogP contribution in [0.4, 0.5) is 0 Å². The lowest BCUT2D eigenvalue weighted by Crippen LogP contribution is -2.44. The number of benzene rings is 1. The number of carbonyl (C=O) groups excluding carboxylic acids is 1. The standard InChI is InChI=1S/C18H23BrN2O3S/c1-6-23-14-8-12(7-13(19)17(14)24-9(2)3)16-15(11(5)22)10(4)20-18(25)21-16/h7-9,16H,6H2,1-5H3,(H2,20,21,25). The van der Waals surface area contributed by atoms with Gasteiger partial charge in [-0.1, -0.05) is 0 Å². The number of carbonyl (C=O) groups is 1. The SMILES string of the molecule is CCOc1cc(C2NC(=S)NC(C)=C2C(C)=O)cc(Br)c1OC(C)C. The van der Waals surface area contributed by atoms with Crippen LogP contribution >= 0.6 is 28.1 Å². The van der Waals surface area contributed by atoms with Crippen LogP contribution in [0.1, 0.15) is 46.2 Å². The minimum Gasteiger partial charge on any atom is -0.490 e. The van der Waals surface area contributed by atoms with Gasteiger partial charge in [0.2, 0.25) is 0 Å². The van der Waals surface area contributed by atoms with Crippen molar-refractivity contribution in [2.75, 3.05) is 6.61 Å². The Morgan fingerprint density at radius 3 is 2.64 bits per heavy atom. The Morgan fingerprint density at radius 2 is 2.08 bits per heavy atom. The molecule has 5 nitrogen and oxygen atoms in total. The average molecular weight is 427 g/mol. The highest BCUT2D eigenvalue weighted by molar-refractivity contribution is 9.10. The highest BCUT2D eigenvalue weighted by atomic mass is 79.9. The number of hydrogen-bond acceptors (Lipinski definition) is 4. The van der Waals surface area contributed by atoms with Crippen LogP contribution in [0.5, 0.6) is 11.5 Å². The van der Waals surface area contributed by atoms with E-state index in [0.717, 1.165) is 15.7 Å². The third-order valence-corrected chi connectivity index (χ3v) is 4.48. The van der Waals surface area contributed by atoms with Crippen LogP contribution in [0.25, 0.3) is 0 Å². The highest BCUT2D eigenvalue weighted by Crippen LogP contribution is 2.41. The predicted octanol–water partition coefficient (Wildman–Crippen LogP) is 4.02. The summed E-state index contributed by atoms with van der Waals surface area (Å²) in [6, 6.07) is 3.49. The van der Waals surface area contributed by atoms with E-state index in [0.29, 0.717) is 28.8 Å². The van der Waals surface area contributed by atoms with Crippen LogP contribution in [-0.2, 0) is 4.79 Å². The first-order chi connectivity index (χ1) is 11.7. The fraction of sp³-hybridized carbons (Fsp3) is 0.444. The van der Waals surface area contributed by atoms with Crippen molar-refractivity contribution in [3.8, 4) is 11.5 Å². The number of ketones is 1. The van der Waals surface area contributed by atoms with E-state index in [1.54, 1.807) is 6.92 Å². The third kappa shape index (κ3) is 4.52. The highest BCUT2D eigenvalue weighted by Gasteiger charge is 2.29. The van der Waals surface area contributed by atoms with Crippen molar-refractivity contribution in [1.29, 1.82) is 0 Å². The van der Waals surface area contributed by atoms with Gasteiger partial charge in [0.1, 0.15) is 0 Å². The molecule has 2 rings (SSSR count). The summed E-state index contributed by atoms with van der Waals surface area (Å²) in [6.45, 7) is 9.76. The second-order valence-electron chi connectivity index (χ2n) is 6.06. The quantitative estimate of drug-likeness (QED) is 0.669. The minimum atomic E-state index is -0.338. The van der Waals surface area contributed by atoms with Gasteiger partial charge < -0.3 is 20.1 Å². The lowest BCUT2D eigenvalue weighted by molar-refractivity contribution is -0.114. The molecule has 1 aromatic rings. The molecule has 0 saturated carbocycles. The number of hydrogen-bond donors (Lipinski definition) is 2. The van der Waals surface area contributed by atoms with Gasteiger partial charge in [0.05, 0.1) is 23.2 Å². The molecular formula is C18H23BrN2O3S. The van der Waals surface area contributed by atoms with E-state index >= 15 is 0 Å². The first-order valence-corrected chi connectivity index (χ1v) is 9.36. The van der Waals surface area contributed by atoms with Crippen LogP contribution in [0.3, 0.4) is 0 Å². The van der Waals surface area contributed by atoms with Crippen molar-refractivity contribution < 1.29 is 14.3 Å². The van der Waals surface area contributed by atoms with Gasteiger partial charge in [-0.2, -0.15) is 0 Å². The Hall–Kier alpha value is -1.60. The van der Waals surface area contributed by atoms with Gasteiger partial charge in [-0.15, -0.1) is 0 Å². The van der Waals surface area contributed by atoms with Crippen molar-refractivity contribution in [2.24, 2.45) is 0 Å². The zero-order valence-electron chi connectivity index (χ0n) is 15.0. The lowest BCUT2D eigenvalue weighted by atomic mass is 9.93. The Labute approximate surface area is 162 Å². The molecule has 1 heterocycles. The molecule has 1 aliphatic heterocycles. The van der Waals surface area contributed by atoms with E-state index in [-0.39, 0.29) is 17.9 Å². The lowest BCUT2D eigenvalue weighted by Gasteiger charge is -2.30. The van der Waals surface area contributed by atoms with Gasteiger partial charge in [-0.3, -0.25) is 4.79 Å². The number of nitrogens with one attached hydrogen (secondary N) is 2. The molecule has 0 aromatic heterocycles. The Kier molecular flexibility index (Phi) is 6.46. The van der Waals surface area contributed by atoms with E-state index in [4.69, 9.17) is 21.7 Å². The number of Topliss-reactive ketones (excluding diaryl/α,β-unsaturated/α-hetero) is 1. The maximum absolute atomic E-state index is 12.2. The maximum Gasteiger partial charge on any atom is 0.175 e. The molecule has 0 amide bonds. The van der Waals surface area contributed by atoms with Crippen molar-refractivity contribution in [3.05, 3.63) is 33.4 Å². The van der Waals surface area contributed by atoms with Gasteiger partial charge in [0.15, 0.2) is 22.4 Å². The minimum absolute atomic E-state index is 0.0124. The normalized spacial score (nSPS) is 17.2. The van der Waals surface area contributed by atoms with Gasteiger partial charge in [-0.05, 0) is 80.5 Å². The molecule has 25 heavy (non-hydrogen) atoms. The summed E-state index contributed by atoms with van der Waals surface area (Å²) in [5.74, 6) is 1.27. The van der Waals surface area contributed by atoms with E-state index in [9.17, 15) is 4.79 Å². The summed E-state index contributed by atoms with van der Waals surface area (Å²) in [5.41, 5.74) is 2.29. The van der Waals surface area contributed by atoms with E-state index < -0.39 is 0 Å². The molecule has 0 spiro atoms. The van der Waals surface area contributed by atoms with E-state index in [1.165, 1.54) is 0 Å². The van der Waals surface area contributed by atoms with Crippen LogP contribution in [0.2, 0.25) is 0 Å². The predicted molar refractivity (Wildman–Crippen MR) is 106 cm³/mol. The summed E-state index contributed by atoms with van der Waals surface area (Å²) in [7, 11) is 0. The van der Waals surface area contributed by atoms with Gasteiger partial charge in [0, 0.05) is 11.3 Å². The molecule has 0 bridgehead atoms. The fourth-order valence-electron chi connectivity index (χ4n) is 2.78. The molecule has 1 unspecified atom stereocenters. The van der Waals surface area contributed by atoms with Crippen molar-refractivity contribution in [2.45, 2.75) is 46.8 Å². The van der Waals surface area contributed by atoms with Crippen LogP contribution in [-0.4, -0.2) is 23.6 Å². The molecule has 0 radical (unpaired) electrons. The first-order valence-electron chi connectivity index (χ1n) is 8.16. The number of ether oxygens (including phenoxy) is 2. The molecule has 1 atom stereocenters. The third-order valence-electron chi connectivity index (χ3n) is 3.67. The second-order valence-corrected chi connectivity index (χ2v) is 7.32. The van der Waals surface area contributed by atoms with Gasteiger partial charge >= 0.3 is 0 Å². The number of rotatable bonds is 6. The van der Waals surface area contributed by atoms with Crippen LogP contribution in [0, 0.1) is 0 Å². The van der Waals surface area contributed by atoms with Crippen LogP contribution in [0.15, 0.2) is 27.9 Å². The monoisotopic (exact) mass is 426 g/mol. The molecule has 2 N–H and O–H groups in total. The smallest absolute Gasteiger partial charge is 0.175 e. The number of allylic oxidation sites excluding steroid dienone is 1. The number of halogens is 1. The number of thiocarbonyl (C=S) groups is 1. The summed E-state index contributed by atoms with van der Waals surface area (Å²) in [6.07, 6.45) is 0.0147. The summed E-state index contributed by atoms with van der Waals surface area (Å²) in [5, 5.41) is 6.68. The fourth-order valence-corrected chi connectivity index (χ4v) is 3.60. The topological polar surface area (TPSA) is 59.6 Å². The molecule has 1 aromatic carbocycles. The second kappa shape index (κ2) is 8.19.